The van der Waals surface area contributed by atoms with Crippen molar-refractivity contribution < 1.29 is 13.2 Å². The van der Waals surface area contributed by atoms with E-state index in [1.165, 1.54) is 28.2 Å². The normalized spacial score (nSPS) is 14.6. The standard InChI is InChI=1S/C21H23N5O3S2/c1-15-4-6-16(7-5-15)20-23-21(25-24-20)30-14-19(27)22-17-8-10-18(11-9-17)31(28,29)26-12-2-3-13-26/h4-11H,2-3,12-14H2,1H3,(H,22,27)(H,23,24,25). The quantitative estimate of drug-likeness (QED) is 0.527. The van der Waals surface area contributed by atoms with Gasteiger partial charge in [0.25, 0.3) is 0 Å². The van der Waals surface area contributed by atoms with E-state index in [0.29, 0.717) is 29.8 Å². The van der Waals surface area contributed by atoms with Crippen LogP contribution in [0.2, 0.25) is 0 Å². The number of H-pyrrole nitrogens is 1. The van der Waals surface area contributed by atoms with Gasteiger partial charge in [0.2, 0.25) is 21.1 Å². The van der Waals surface area contributed by atoms with Gasteiger partial charge in [0, 0.05) is 24.3 Å². The van der Waals surface area contributed by atoms with Crippen LogP contribution in [0.1, 0.15) is 18.4 Å². The number of sulfonamides is 1. The summed E-state index contributed by atoms with van der Waals surface area (Å²) in [7, 11) is -3.46. The minimum atomic E-state index is -3.46. The van der Waals surface area contributed by atoms with Gasteiger partial charge in [0.05, 0.1) is 10.6 Å². The van der Waals surface area contributed by atoms with Gasteiger partial charge in [-0.2, -0.15) is 4.31 Å². The molecule has 0 aliphatic carbocycles. The molecule has 0 unspecified atom stereocenters. The highest BCUT2D eigenvalue weighted by atomic mass is 32.2. The van der Waals surface area contributed by atoms with Crippen LogP contribution in [-0.4, -0.2) is 52.7 Å². The molecule has 0 radical (unpaired) electrons. The number of hydrogen-bond acceptors (Lipinski definition) is 6. The zero-order chi connectivity index (χ0) is 21.8. The number of benzene rings is 2. The van der Waals surface area contributed by atoms with E-state index in [1.54, 1.807) is 12.1 Å². The van der Waals surface area contributed by atoms with Crippen molar-refractivity contribution in [1.29, 1.82) is 0 Å². The SMILES string of the molecule is Cc1ccc(-c2nc(SCC(=O)Nc3ccc(S(=O)(=O)N4CCCC4)cc3)n[nH]2)cc1. The average Bonchev–Trinajstić information content (AvgIpc) is 3.46. The third-order valence-electron chi connectivity index (χ3n) is 4.96. The summed E-state index contributed by atoms with van der Waals surface area (Å²) in [5, 5.41) is 10.3. The number of amides is 1. The molecular weight excluding hydrogens is 434 g/mol. The molecule has 162 valence electrons. The second-order valence-electron chi connectivity index (χ2n) is 7.31. The van der Waals surface area contributed by atoms with Gasteiger partial charge in [-0.25, -0.2) is 13.4 Å². The highest BCUT2D eigenvalue weighted by Crippen LogP contribution is 2.23. The molecule has 10 heteroatoms. The molecule has 0 atom stereocenters. The summed E-state index contributed by atoms with van der Waals surface area (Å²) in [6, 6.07) is 14.2. The molecule has 1 saturated heterocycles. The number of nitrogens with one attached hydrogen (secondary N) is 2. The molecule has 1 fully saturated rings. The minimum absolute atomic E-state index is 0.138. The van der Waals surface area contributed by atoms with Crippen LogP contribution in [0, 0.1) is 6.92 Å². The summed E-state index contributed by atoms with van der Waals surface area (Å²) in [4.78, 5) is 16.9. The summed E-state index contributed by atoms with van der Waals surface area (Å²) < 4.78 is 26.6. The lowest BCUT2D eigenvalue weighted by molar-refractivity contribution is -0.113. The zero-order valence-corrected chi connectivity index (χ0v) is 18.7. The molecule has 8 nitrogen and oxygen atoms in total. The lowest BCUT2D eigenvalue weighted by Gasteiger charge is -2.15. The first-order chi connectivity index (χ1) is 14.9. The third-order valence-corrected chi connectivity index (χ3v) is 7.72. The number of carbonyl (C=O) groups is 1. The number of rotatable bonds is 7. The summed E-state index contributed by atoms with van der Waals surface area (Å²) in [6.07, 6.45) is 1.78. The van der Waals surface area contributed by atoms with Crippen LogP contribution in [-0.2, 0) is 14.8 Å². The molecule has 1 aliphatic heterocycles. The fourth-order valence-electron chi connectivity index (χ4n) is 3.27. The van der Waals surface area contributed by atoms with Crippen LogP contribution in [0.4, 0.5) is 5.69 Å². The monoisotopic (exact) mass is 457 g/mol. The zero-order valence-electron chi connectivity index (χ0n) is 17.0. The Bertz CT molecular complexity index is 1150. The molecule has 3 aromatic rings. The van der Waals surface area contributed by atoms with Gasteiger partial charge >= 0.3 is 0 Å². The molecule has 0 bridgehead atoms. The second kappa shape index (κ2) is 9.21. The van der Waals surface area contributed by atoms with Crippen LogP contribution in [0.15, 0.2) is 58.6 Å². The van der Waals surface area contributed by atoms with E-state index in [1.807, 2.05) is 31.2 Å². The van der Waals surface area contributed by atoms with Crippen molar-refractivity contribution in [3.63, 3.8) is 0 Å². The van der Waals surface area contributed by atoms with Crippen molar-refractivity contribution in [2.45, 2.75) is 29.8 Å². The molecule has 1 amide bonds. The Labute approximate surface area is 185 Å². The van der Waals surface area contributed by atoms with Crippen molar-refractivity contribution in [2.75, 3.05) is 24.2 Å². The maximum absolute atomic E-state index is 12.6. The van der Waals surface area contributed by atoms with E-state index in [-0.39, 0.29) is 16.6 Å². The first kappa shape index (κ1) is 21.5. The van der Waals surface area contributed by atoms with Gasteiger partial charge in [-0.1, -0.05) is 41.6 Å². The van der Waals surface area contributed by atoms with Crippen LogP contribution in [0.5, 0.6) is 0 Å². The number of anilines is 1. The maximum Gasteiger partial charge on any atom is 0.243 e. The van der Waals surface area contributed by atoms with Gasteiger partial charge in [-0.15, -0.1) is 5.10 Å². The van der Waals surface area contributed by atoms with Crippen molar-refractivity contribution in [1.82, 2.24) is 19.5 Å². The number of thioether (sulfide) groups is 1. The smallest absolute Gasteiger partial charge is 0.243 e. The van der Waals surface area contributed by atoms with Crippen molar-refractivity contribution in [3.05, 3.63) is 54.1 Å². The van der Waals surface area contributed by atoms with Crippen molar-refractivity contribution >= 4 is 33.4 Å². The molecule has 2 heterocycles. The second-order valence-corrected chi connectivity index (χ2v) is 10.2. The molecular formula is C21H23N5O3S2. The molecule has 2 N–H and O–H groups in total. The summed E-state index contributed by atoms with van der Waals surface area (Å²) in [6.45, 7) is 3.14. The van der Waals surface area contributed by atoms with Gasteiger partial charge in [0.15, 0.2) is 5.82 Å². The van der Waals surface area contributed by atoms with E-state index in [9.17, 15) is 13.2 Å². The van der Waals surface area contributed by atoms with E-state index < -0.39 is 10.0 Å². The Morgan fingerprint density at radius 1 is 1.10 bits per heavy atom. The fraction of sp³-hybridized carbons (Fsp3) is 0.286. The van der Waals surface area contributed by atoms with Gasteiger partial charge in [-0.05, 0) is 44.0 Å². The van der Waals surface area contributed by atoms with Crippen molar-refractivity contribution in [3.8, 4) is 11.4 Å². The molecule has 0 spiro atoms. The Morgan fingerprint density at radius 3 is 2.45 bits per heavy atom. The lowest BCUT2D eigenvalue weighted by atomic mass is 10.1. The fourth-order valence-corrected chi connectivity index (χ4v) is 5.38. The number of carbonyl (C=O) groups excluding carboxylic acids is 1. The molecule has 4 rings (SSSR count). The largest absolute Gasteiger partial charge is 0.325 e. The molecule has 0 saturated carbocycles. The number of aromatic amines is 1. The predicted octanol–water partition coefficient (Wildman–Crippen LogP) is 3.30. The first-order valence-electron chi connectivity index (χ1n) is 9.94. The Hall–Kier alpha value is -2.69. The van der Waals surface area contributed by atoms with Gasteiger partial charge < -0.3 is 5.32 Å². The average molecular weight is 458 g/mol. The highest BCUT2D eigenvalue weighted by molar-refractivity contribution is 7.99. The molecule has 1 aliphatic rings. The van der Waals surface area contributed by atoms with Gasteiger partial charge in [-0.3, -0.25) is 9.89 Å². The van der Waals surface area contributed by atoms with Crippen LogP contribution < -0.4 is 5.32 Å². The summed E-state index contributed by atoms with van der Waals surface area (Å²) in [5.41, 5.74) is 2.64. The number of aryl methyl sites for hydroxylation is 1. The van der Waals surface area contributed by atoms with E-state index in [4.69, 9.17) is 0 Å². The van der Waals surface area contributed by atoms with Crippen LogP contribution in [0.3, 0.4) is 0 Å². The van der Waals surface area contributed by atoms with Crippen molar-refractivity contribution in [2.24, 2.45) is 0 Å². The summed E-state index contributed by atoms with van der Waals surface area (Å²) in [5.74, 6) is 0.568. The van der Waals surface area contributed by atoms with Crippen LogP contribution >= 0.6 is 11.8 Å². The van der Waals surface area contributed by atoms with Crippen LogP contribution in [0.25, 0.3) is 11.4 Å². The Morgan fingerprint density at radius 2 is 1.77 bits per heavy atom. The predicted molar refractivity (Wildman–Crippen MR) is 120 cm³/mol. The van der Waals surface area contributed by atoms with E-state index in [0.717, 1.165) is 24.0 Å². The number of aromatic nitrogens is 3. The number of nitrogens with zero attached hydrogens (tertiary/aromatic N) is 3. The third kappa shape index (κ3) is 5.15. The lowest BCUT2D eigenvalue weighted by Crippen LogP contribution is -2.27. The van der Waals surface area contributed by atoms with Gasteiger partial charge in [0.1, 0.15) is 0 Å². The Kier molecular flexibility index (Phi) is 6.40. The first-order valence-corrected chi connectivity index (χ1v) is 12.4. The molecule has 1 aromatic heterocycles. The minimum Gasteiger partial charge on any atom is -0.325 e. The highest BCUT2D eigenvalue weighted by Gasteiger charge is 2.26. The summed E-state index contributed by atoms with van der Waals surface area (Å²) >= 11 is 1.22. The van der Waals surface area contributed by atoms with E-state index in [2.05, 4.69) is 20.5 Å². The molecule has 31 heavy (non-hydrogen) atoms. The molecule has 2 aromatic carbocycles. The van der Waals surface area contributed by atoms with E-state index >= 15 is 0 Å². The number of hydrogen-bond donors (Lipinski definition) is 2. The topological polar surface area (TPSA) is 108 Å². The maximum atomic E-state index is 12.6. The Balaban J connectivity index is 1.31.